The van der Waals surface area contributed by atoms with E-state index in [0.29, 0.717) is 22.8 Å². The monoisotopic (exact) mass is 600 g/mol. The van der Waals surface area contributed by atoms with Crippen LogP contribution in [0.4, 0.5) is 17.1 Å². The number of carbonyl (C=O) groups is 2. The average molecular weight is 601 g/mol. The SMILES string of the molecule is O=C(Nc1ccc(SC(C(=O)Nc2ccc(-c3nc4ccccc4o3)cc2)c2ccccc2)cc1)c1cccc([N+](=O)[O-])c1. The molecule has 0 spiro atoms. The third kappa shape index (κ3) is 6.50. The van der Waals surface area contributed by atoms with Crippen molar-refractivity contribution < 1.29 is 18.9 Å². The third-order valence-corrected chi connectivity index (χ3v) is 7.99. The number of benzene rings is 5. The van der Waals surface area contributed by atoms with Gasteiger partial charge >= 0.3 is 0 Å². The maximum atomic E-state index is 13.6. The Morgan fingerprint density at radius 3 is 2.18 bits per heavy atom. The summed E-state index contributed by atoms with van der Waals surface area (Å²) in [5.41, 5.74) is 4.29. The number of nitrogens with one attached hydrogen (secondary N) is 2. The highest BCUT2D eigenvalue weighted by atomic mass is 32.2. The number of nitro groups is 1. The van der Waals surface area contributed by atoms with Crippen molar-refractivity contribution in [3.8, 4) is 11.5 Å². The molecule has 0 aliphatic heterocycles. The highest BCUT2D eigenvalue weighted by molar-refractivity contribution is 8.00. The summed E-state index contributed by atoms with van der Waals surface area (Å²) in [5, 5.41) is 16.3. The van der Waals surface area contributed by atoms with Crippen molar-refractivity contribution >= 4 is 51.7 Å². The number of hydrogen-bond acceptors (Lipinski definition) is 7. The maximum Gasteiger partial charge on any atom is 0.270 e. The number of thioether (sulfide) groups is 1. The van der Waals surface area contributed by atoms with E-state index in [1.54, 1.807) is 12.1 Å². The largest absolute Gasteiger partial charge is 0.436 e. The number of aromatic nitrogens is 1. The molecule has 5 aromatic carbocycles. The van der Waals surface area contributed by atoms with Crippen molar-refractivity contribution in [2.45, 2.75) is 10.1 Å². The zero-order valence-electron chi connectivity index (χ0n) is 23.0. The van der Waals surface area contributed by atoms with Crippen LogP contribution in [0.15, 0.2) is 137 Å². The molecule has 10 heteroatoms. The fourth-order valence-corrected chi connectivity index (χ4v) is 5.54. The van der Waals surface area contributed by atoms with E-state index in [1.807, 2.05) is 91.0 Å². The van der Waals surface area contributed by atoms with Crippen LogP contribution in [0.3, 0.4) is 0 Å². The summed E-state index contributed by atoms with van der Waals surface area (Å²) < 4.78 is 5.85. The average Bonchev–Trinajstić information content (AvgIpc) is 3.49. The van der Waals surface area contributed by atoms with E-state index < -0.39 is 16.1 Å². The molecule has 6 aromatic rings. The topological polar surface area (TPSA) is 127 Å². The number of para-hydroxylation sites is 2. The molecule has 1 heterocycles. The first-order chi connectivity index (χ1) is 21.4. The zero-order valence-corrected chi connectivity index (χ0v) is 23.9. The fraction of sp³-hybridized carbons (Fsp3) is 0.0294. The van der Waals surface area contributed by atoms with Gasteiger partial charge in [-0.2, -0.15) is 0 Å². The summed E-state index contributed by atoms with van der Waals surface area (Å²) in [6, 6.07) is 37.0. The number of non-ortho nitro benzene ring substituents is 1. The number of oxazole rings is 1. The van der Waals surface area contributed by atoms with Crippen LogP contribution in [-0.4, -0.2) is 21.7 Å². The predicted molar refractivity (Wildman–Crippen MR) is 171 cm³/mol. The van der Waals surface area contributed by atoms with Gasteiger partial charge in [0.25, 0.3) is 11.6 Å². The zero-order chi connectivity index (χ0) is 30.5. The summed E-state index contributed by atoms with van der Waals surface area (Å²) in [6.45, 7) is 0. The third-order valence-electron chi connectivity index (χ3n) is 6.72. The molecule has 1 unspecified atom stereocenters. The number of hydrogen-bond donors (Lipinski definition) is 2. The number of fused-ring (bicyclic) bond motifs is 1. The van der Waals surface area contributed by atoms with Crippen molar-refractivity contribution in [1.82, 2.24) is 4.98 Å². The number of rotatable bonds is 9. The molecular formula is C34H24N4O5S. The van der Waals surface area contributed by atoms with Crippen molar-refractivity contribution in [2.75, 3.05) is 10.6 Å². The van der Waals surface area contributed by atoms with Crippen molar-refractivity contribution in [3.63, 3.8) is 0 Å². The molecule has 0 saturated heterocycles. The van der Waals surface area contributed by atoms with Crippen LogP contribution < -0.4 is 10.6 Å². The molecule has 44 heavy (non-hydrogen) atoms. The Morgan fingerprint density at radius 2 is 1.45 bits per heavy atom. The number of carbonyl (C=O) groups excluding carboxylic acids is 2. The molecule has 0 saturated carbocycles. The highest BCUT2D eigenvalue weighted by Crippen LogP contribution is 2.37. The van der Waals surface area contributed by atoms with Gasteiger partial charge in [-0.05, 0) is 72.3 Å². The highest BCUT2D eigenvalue weighted by Gasteiger charge is 2.22. The number of anilines is 2. The molecule has 0 aliphatic rings. The lowest BCUT2D eigenvalue weighted by Crippen LogP contribution is -2.19. The van der Waals surface area contributed by atoms with Crippen LogP contribution in [0.25, 0.3) is 22.6 Å². The molecule has 2 amide bonds. The molecule has 1 atom stereocenters. The summed E-state index contributed by atoms with van der Waals surface area (Å²) >= 11 is 1.38. The first-order valence-corrected chi connectivity index (χ1v) is 14.5. The van der Waals surface area contributed by atoms with E-state index >= 15 is 0 Å². The van der Waals surface area contributed by atoms with Crippen LogP contribution in [0.5, 0.6) is 0 Å². The van der Waals surface area contributed by atoms with Gasteiger partial charge in [-0.3, -0.25) is 19.7 Å². The molecule has 1 aromatic heterocycles. The molecule has 2 N–H and O–H groups in total. The lowest BCUT2D eigenvalue weighted by atomic mass is 10.1. The molecule has 9 nitrogen and oxygen atoms in total. The van der Waals surface area contributed by atoms with E-state index in [9.17, 15) is 19.7 Å². The van der Waals surface area contributed by atoms with Crippen molar-refractivity contribution in [2.24, 2.45) is 0 Å². The van der Waals surface area contributed by atoms with Crippen LogP contribution in [0.1, 0.15) is 21.2 Å². The summed E-state index contributed by atoms with van der Waals surface area (Å²) in [6.07, 6.45) is 0. The standard InChI is InChI=1S/C34H24N4O5S/c39-32(24-9-6-10-27(21-24)38(41)42)35-26-17-19-28(20-18-26)44-31(22-7-2-1-3-8-22)33(40)36-25-15-13-23(14-16-25)34-37-29-11-4-5-12-30(29)43-34/h1-21,31H,(H,35,39)(H,36,40). The summed E-state index contributed by atoms with van der Waals surface area (Å²) in [7, 11) is 0. The van der Waals surface area contributed by atoms with Crippen LogP contribution in [-0.2, 0) is 4.79 Å². The molecule has 0 fully saturated rings. The Morgan fingerprint density at radius 1 is 0.773 bits per heavy atom. The van der Waals surface area contributed by atoms with Gasteiger partial charge in [-0.15, -0.1) is 11.8 Å². The van der Waals surface area contributed by atoms with Gasteiger partial charge in [0.2, 0.25) is 11.8 Å². The molecule has 6 rings (SSSR count). The lowest BCUT2D eigenvalue weighted by Gasteiger charge is -2.17. The van der Waals surface area contributed by atoms with Gasteiger partial charge in [-0.25, -0.2) is 4.98 Å². The normalized spacial score (nSPS) is 11.5. The van der Waals surface area contributed by atoms with Gasteiger partial charge in [0.05, 0.1) is 4.92 Å². The second-order valence-corrected chi connectivity index (χ2v) is 10.9. The maximum absolute atomic E-state index is 13.6. The first-order valence-electron chi connectivity index (χ1n) is 13.6. The Labute approximate surface area is 256 Å². The van der Waals surface area contributed by atoms with Crippen LogP contribution in [0, 0.1) is 10.1 Å². The van der Waals surface area contributed by atoms with Gasteiger partial charge in [0.15, 0.2) is 5.58 Å². The van der Waals surface area contributed by atoms with Crippen LogP contribution in [0.2, 0.25) is 0 Å². The Balaban J connectivity index is 1.15. The lowest BCUT2D eigenvalue weighted by molar-refractivity contribution is -0.384. The van der Waals surface area contributed by atoms with Gasteiger partial charge in [0.1, 0.15) is 10.8 Å². The minimum Gasteiger partial charge on any atom is -0.436 e. The van der Waals surface area contributed by atoms with E-state index in [1.165, 1.54) is 36.0 Å². The summed E-state index contributed by atoms with van der Waals surface area (Å²) in [4.78, 5) is 42.1. The fourth-order valence-electron chi connectivity index (χ4n) is 4.52. The van der Waals surface area contributed by atoms with Crippen molar-refractivity contribution in [1.29, 1.82) is 0 Å². The molecular weight excluding hydrogens is 576 g/mol. The van der Waals surface area contributed by atoms with E-state index in [4.69, 9.17) is 4.42 Å². The van der Waals surface area contributed by atoms with E-state index in [-0.39, 0.29) is 17.2 Å². The number of nitrogens with zero attached hydrogens (tertiary/aromatic N) is 2. The number of amides is 2. The quantitative estimate of drug-likeness (QED) is 0.0974. The van der Waals surface area contributed by atoms with E-state index in [0.717, 1.165) is 21.5 Å². The molecule has 0 aliphatic carbocycles. The predicted octanol–water partition coefficient (Wildman–Crippen LogP) is 8.13. The smallest absolute Gasteiger partial charge is 0.270 e. The second kappa shape index (κ2) is 12.6. The Kier molecular flexibility index (Phi) is 8.15. The van der Waals surface area contributed by atoms with Crippen LogP contribution >= 0.6 is 11.8 Å². The minimum atomic E-state index is -0.557. The molecule has 216 valence electrons. The second-order valence-electron chi connectivity index (χ2n) is 9.75. The van der Waals surface area contributed by atoms with Gasteiger partial charge in [-0.1, -0.05) is 48.5 Å². The van der Waals surface area contributed by atoms with Gasteiger partial charge < -0.3 is 15.1 Å². The Bertz CT molecular complexity index is 1930. The molecule has 0 bridgehead atoms. The minimum absolute atomic E-state index is 0.159. The number of nitro benzene ring substituents is 1. The van der Waals surface area contributed by atoms with Gasteiger partial charge in [0, 0.05) is 39.5 Å². The molecule has 0 radical (unpaired) electrons. The van der Waals surface area contributed by atoms with E-state index in [2.05, 4.69) is 15.6 Å². The van der Waals surface area contributed by atoms with Crippen molar-refractivity contribution in [3.05, 3.63) is 149 Å². The Hall–Kier alpha value is -5.74. The first kappa shape index (κ1) is 28.4. The summed E-state index contributed by atoms with van der Waals surface area (Å²) in [5.74, 6) is -0.150.